The third kappa shape index (κ3) is 9.68. The number of benzene rings is 6. The van der Waals surface area contributed by atoms with Gasteiger partial charge in [-0.15, -0.1) is 0 Å². The summed E-state index contributed by atoms with van der Waals surface area (Å²) in [6, 6.07) is 34.2. The Labute approximate surface area is 371 Å². The first-order chi connectivity index (χ1) is 28.8. The molecule has 0 aromatic heterocycles. The van der Waals surface area contributed by atoms with Gasteiger partial charge in [0.05, 0.1) is 0 Å². The highest BCUT2D eigenvalue weighted by molar-refractivity contribution is 5.64. The van der Waals surface area contributed by atoms with Gasteiger partial charge >= 0.3 is 0 Å². The average molecular weight is 833 g/mol. The Kier molecular flexibility index (Phi) is 12.5. The minimum absolute atomic E-state index is 0.0834. The predicted octanol–water partition coefficient (Wildman–Crippen LogP) is 14.7. The molecule has 6 rings (SSSR count). The summed E-state index contributed by atoms with van der Waals surface area (Å²) in [6.45, 7) is 33.5. The van der Waals surface area contributed by atoms with E-state index < -0.39 is 16.8 Å². The van der Waals surface area contributed by atoms with Crippen LogP contribution in [0.3, 0.4) is 0 Å². The number of rotatable bonds is 13. The van der Waals surface area contributed by atoms with E-state index >= 15 is 0 Å². The molecule has 0 aliphatic carbocycles. The second kappa shape index (κ2) is 16.9. The Morgan fingerprint density at radius 2 is 0.661 bits per heavy atom. The van der Waals surface area contributed by atoms with Crippen molar-refractivity contribution in [3.8, 4) is 39.9 Å². The minimum atomic E-state index is -0.601. The van der Waals surface area contributed by atoms with Gasteiger partial charge in [-0.25, -0.2) is 0 Å². The van der Waals surface area contributed by atoms with Crippen LogP contribution in [-0.2, 0) is 28.6 Å². The van der Waals surface area contributed by atoms with Crippen LogP contribution in [-0.4, -0.2) is 10.2 Å². The van der Waals surface area contributed by atoms with Gasteiger partial charge in [-0.05, 0) is 217 Å². The van der Waals surface area contributed by atoms with Crippen LogP contribution in [0.2, 0.25) is 0 Å². The lowest BCUT2D eigenvalue weighted by Crippen LogP contribution is -2.28. The molecule has 5 nitrogen and oxygen atoms in total. The van der Waals surface area contributed by atoms with E-state index in [2.05, 4.69) is 156 Å². The van der Waals surface area contributed by atoms with Crippen molar-refractivity contribution in [2.45, 2.75) is 139 Å². The number of ether oxygens (including phenoxy) is 3. The van der Waals surface area contributed by atoms with E-state index in [0.717, 1.165) is 73.7 Å². The van der Waals surface area contributed by atoms with E-state index in [9.17, 15) is 10.2 Å². The van der Waals surface area contributed by atoms with E-state index in [0.29, 0.717) is 11.5 Å². The zero-order valence-corrected chi connectivity index (χ0v) is 40.1. The standard InChI is InChI=1S/C57H68O5/c1-34-25-42(26-35(2)50(34)56(13,14)61-48-29-38(5)52(58)39(6)30-48)33-54(9,10)45-21-17-43(18-22-45)44-19-23-46(24-20-44)55(11,12)60-47-27-36(3)51(37(4)28-47)57(15,16)62-49-31-40(7)53(59)41(8)32-49/h17-32,58-59H,33H2,1-16H3. The second-order valence-corrected chi connectivity index (χ2v) is 19.9. The average Bonchev–Trinajstić information content (AvgIpc) is 3.14. The summed E-state index contributed by atoms with van der Waals surface area (Å²) in [5.74, 6) is 2.94. The summed E-state index contributed by atoms with van der Waals surface area (Å²) in [7, 11) is 0. The molecular weight excluding hydrogens is 765 g/mol. The molecule has 326 valence electrons. The molecule has 0 fully saturated rings. The first-order valence-electron chi connectivity index (χ1n) is 21.9. The molecule has 2 N–H and O–H groups in total. The molecule has 0 aliphatic heterocycles. The van der Waals surface area contributed by atoms with Crippen LogP contribution in [0.1, 0.15) is 128 Å². The maximum Gasteiger partial charge on any atom is 0.129 e. The van der Waals surface area contributed by atoms with Crippen molar-refractivity contribution in [1.29, 1.82) is 0 Å². The van der Waals surface area contributed by atoms with E-state index in [1.807, 2.05) is 52.0 Å². The molecule has 0 atom stereocenters. The molecule has 0 unspecified atom stereocenters. The third-order valence-corrected chi connectivity index (χ3v) is 12.6. The largest absolute Gasteiger partial charge is 0.507 e. The smallest absolute Gasteiger partial charge is 0.129 e. The Bertz CT molecular complexity index is 2330. The summed E-state index contributed by atoms with van der Waals surface area (Å²) in [5, 5.41) is 20.6. The molecular formula is C57H68O5. The Balaban J connectivity index is 1.12. The van der Waals surface area contributed by atoms with Gasteiger partial charge in [0.1, 0.15) is 45.6 Å². The van der Waals surface area contributed by atoms with Crippen molar-refractivity contribution in [2.24, 2.45) is 0 Å². The van der Waals surface area contributed by atoms with Crippen LogP contribution in [0.25, 0.3) is 11.1 Å². The topological polar surface area (TPSA) is 68.2 Å². The zero-order valence-electron chi connectivity index (χ0n) is 40.1. The lowest BCUT2D eigenvalue weighted by molar-refractivity contribution is 0.103. The van der Waals surface area contributed by atoms with Crippen LogP contribution in [0, 0.1) is 55.4 Å². The number of hydrogen-bond donors (Lipinski definition) is 2. The van der Waals surface area contributed by atoms with Crippen LogP contribution in [0.5, 0.6) is 28.7 Å². The van der Waals surface area contributed by atoms with Gasteiger partial charge in [-0.2, -0.15) is 0 Å². The number of aryl methyl sites for hydroxylation is 8. The molecule has 0 saturated carbocycles. The van der Waals surface area contributed by atoms with Crippen molar-refractivity contribution in [2.75, 3.05) is 0 Å². The Morgan fingerprint density at radius 3 is 1.02 bits per heavy atom. The van der Waals surface area contributed by atoms with Crippen molar-refractivity contribution < 1.29 is 24.4 Å². The summed E-state index contributed by atoms with van der Waals surface area (Å²) >= 11 is 0. The number of aromatic hydroxyl groups is 2. The van der Waals surface area contributed by atoms with Crippen LogP contribution >= 0.6 is 0 Å². The molecule has 0 aliphatic rings. The van der Waals surface area contributed by atoms with E-state index in [1.165, 1.54) is 33.4 Å². The highest BCUT2D eigenvalue weighted by Gasteiger charge is 2.31. The lowest BCUT2D eigenvalue weighted by Gasteiger charge is -2.32. The molecule has 0 heterocycles. The van der Waals surface area contributed by atoms with Crippen molar-refractivity contribution in [3.63, 3.8) is 0 Å². The summed E-state index contributed by atoms with van der Waals surface area (Å²) < 4.78 is 19.9. The lowest BCUT2D eigenvalue weighted by atomic mass is 9.77. The molecule has 5 heteroatoms. The first kappa shape index (κ1) is 45.8. The maximum atomic E-state index is 10.3. The number of phenolic OH excluding ortho intramolecular Hbond substituents is 2. The first-order valence-corrected chi connectivity index (χ1v) is 21.9. The number of phenols is 2. The number of hydrogen-bond acceptors (Lipinski definition) is 5. The van der Waals surface area contributed by atoms with E-state index in [-0.39, 0.29) is 5.41 Å². The van der Waals surface area contributed by atoms with Gasteiger partial charge in [0.2, 0.25) is 0 Å². The molecule has 0 bridgehead atoms. The van der Waals surface area contributed by atoms with Crippen LogP contribution in [0.15, 0.2) is 97.1 Å². The van der Waals surface area contributed by atoms with Crippen LogP contribution in [0.4, 0.5) is 0 Å². The molecule has 62 heavy (non-hydrogen) atoms. The second-order valence-electron chi connectivity index (χ2n) is 19.9. The van der Waals surface area contributed by atoms with Crippen molar-refractivity contribution in [1.82, 2.24) is 0 Å². The third-order valence-electron chi connectivity index (χ3n) is 12.6. The zero-order chi connectivity index (χ0) is 45.7. The summed E-state index contributed by atoms with van der Waals surface area (Å²) in [5.41, 5.74) is 14.4. The summed E-state index contributed by atoms with van der Waals surface area (Å²) in [6.07, 6.45) is 0.905. The molecule has 0 amide bonds. The molecule has 6 aromatic carbocycles. The fourth-order valence-electron chi connectivity index (χ4n) is 9.82. The predicted molar refractivity (Wildman–Crippen MR) is 257 cm³/mol. The van der Waals surface area contributed by atoms with Crippen molar-refractivity contribution >= 4 is 0 Å². The Hall–Kier alpha value is -5.68. The van der Waals surface area contributed by atoms with E-state index in [1.54, 1.807) is 0 Å². The highest BCUT2D eigenvalue weighted by atomic mass is 16.5. The van der Waals surface area contributed by atoms with Crippen molar-refractivity contribution in [3.05, 3.63) is 169 Å². The van der Waals surface area contributed by atoms with Gasteiger partial charge in [0, 0.05) is 11.1 Å². The fourth-order valence-corrected chi connectivity index (χ4v) is 9.82. The normalized spacial score (nSPS) is 12.4. The molecule has 0 spiro atoms. The van der Waals surface area contributed by atoms with Crippen LogP contribution < -0.4 is 14.2 Å². The van der Waals surface area contributed by atoms with Gasteiger partial charge in [-0.3, -0.25) is 0 Å². The van der Waals surface area contributed by atoms with Gasteiger partial charge in [0.15, 0.2) is 0 Å². The minimum Gasteiger partial charge on any atom is -0.507 e. The molecule has 0 saturated heterocycles. The molecule has 6 aromatic rings. The molecule has 0 radical (unpaired) electrons. The highest BCUT2D eigenvalue weighted by Crippen LogP contribution is 2.40. The SMILES string of the molecule is Cc1cc(OC(C)(C)c2c(C)cc(CC(C)(C)c3ccc(-c4ccc(C(C)(C)Oc5cc(C)c(C(C)(C)Oc6cc(C)c(O)c(C)c6)c(C)c5)cc4)cc3)cc2C)cc(C)c1O. The Morgan fingerprint density at radius 1 is 0.371 bits per heavy atom. The van der Waals surface area contributed by atoms with E-state index in [4.69, 9.17) is 14.2 Å². The fraction of sp³-hybridized carbons (Fsp3) is 0.368. The quantitative estimate of drug-likeness (QED) is 0.121. The monoisotopic (exact) mass is 833 g/mol. The van der Waals surface area contributed by atoms with Gasteiger partial charge < -0.3 is 24.4 Å². The van der Waals surface area contributed by atoms with Gasteiger partial charge in [-0.1, -0.05) is 74.5 Å². The summed E-state index contributed by atoms with van der Waals surface area (Å²) in [4.78, 5) is 0. The van der Waals surface area contributed by atoms with Gasteiger partial charge in [0.25, 0.3) is 0 Å². The maximum absolute atomic E-state index is 10.3.